The molecule has 0 aromatic rings. The zero-order valence-corrected chi connectivity index (χ0v) is 20.2. The van der Waals surface area contributed by atoms with Gasteiger partial charge in [-0.05, 0) is 57.8 Å². The number of allylic oxidation sites excluding steroid dienone is 4. The van der Waals surface area contributed by atoms with Crippen LogP contribution < -0.4 is 0 Å². The van der Waals surface area contributed by atoms with Gasteiger partial charge in [-0.2, -0.15) is 0 Å². The standard InChI is InChI=1S/C23H46NO4P/c1-5-6-7-8-9-10-11-12-13-14-15-16-17-18-19-20-21-23(25,29(26,27)28)22-24(2,3)4/h11-12,16-17,25H,5-10,13-15,18-22H2,1-4H3,(H-,26,27,28)/p+1/b12-11-,17-16-. The Hall–Kier alpha value is -0.450. The molecule has 0 aromatic carbocycles. The Labute approximate surface area is 179 Å². The van der Waals surface area contributed by atoms with E-state index in [1.54, 1.807) is 0 Å². The zero-order chi connectivity index (χ0) is 22.2. The molecule has 0 heterocycles. The van der Waals surface area contributed by atoms with Crippen LogP contribution in [0.4, 0.5) is 0 Å². The van der Waals surface area contributed by atoms with Gasteiger partial charge in [-0.3, -0.25) is 4.57 Å². The Balaban J connectivity index is 3.84. The summed E-state index contributed by atoms with van der Waals surface area (Å²) < 4.78 is 12.1. The highest BCUT2D eigenvalue weighted by molar-refractivity contribution is 7.53. The summed E-state index contributed by atoms with van der Waals surface area (Å²) in [7, 11) is 0.918. The lowest BCUT2D eigenvalue weighted by Crippen LogP contribution is -2.49. The third kappa shape index (κ3) is 16.0. The predicted molar refractivity (Wildman–Crippen MR) is 124 cm³/mol. The number of hydrogen-bond acceptors (Lipinski definition) is 2. The molecule has 172 valence electrons. The first-order valence-corrected chi connectivity index (χ1v) is 13.0. The van der Waals surface area contributed by atoms with E-state index >= 15 is 0 Å². The Morgan fingerprint density at radius 3 is 1.66 bits per heavy atom. The van der Waals surface area contributed by atoms with Crippen molar-refractivity contribution >= 4 is 7.60 Å². The van der Waals surface area contributed by atoms with E-state index in [0.717, 1.165) is 32.1 Å². The van der Waals surface area contributed by atoms with E-state index in [-0.39, 0.29) is 13.0 Å². The van der Waals surface area contributed by atoms with E-state index < -0.39 is 12.9 Å². The first-order valence-electron chi connectivity index (χ1n) is 11.4. The summed E-state index contributed by atoms with van der Waals surface area (Å²) in [4.78, 5) is 19.1. The molecule has 0 saturated carbocycles. The van der Waals surface area contributed by atoms with Crippen molar-refractivity contribution in [1.29, 1.82) is 0 Å². The van der Waals surface area contributed by atoms with Crippen LogP contribution in [0.1, 0.15) is 90.4 Å². The fraction of sp³-hybridized carbons (Fsp3) is 0.826. The highest BCUT2D eigenvalue weighted by atomic mass is 31.2. The topological polar surface area (TPSA) is 77.8 Å². The maximum Gasteiger partial charge on any atom is 0.362 e. The molecule has 1 unspecified atom stereocenters. The van der Waals surface area contributed by atoms with Gasteiger partial charge in [0.2, 0.25) is 5.34 Å². The number of hydrogen-bond donors (Lipinski definition) is 3. The largest absolute Gasteiger partial charge is 0.373 e. The summed E-state index contributed by atoms with van der Waals surface area (Å²) in [5.41, 5.74) is 0. The fourth-order valence-electron chi connectivity index (χ4n) is 3.44. The third-order valence-corrected chi connectivity index (χ3v) is 6.47. The molecule has 0 aliphatic rings. The van der Waals surface area contributed by atoms with E-state index in [0.29, 0.717) is 10.9 Å². The van der Waals surface area contributed by atoms with Gasteiger partial charge >= 0.3 is 7.60 Å². The van der Waals surface area contributed by atoms with Gasteiger partial charge in [0, 0.05) is 0 Å². The summed E-state index contributed by atoms with van der Waals surface area (Å²) in [6.45, 7) is 2.28. The van der Waals surface area contributed by atoms with E-state index in [4.69, 9.17) is 0 Å². The summed E-state index contributed by atoms with van der Waals surface area (Å²) >= 11 is 0. The minimum absolute atomic E-state index is 0.0410. The van der Waals surface area contributed by atoms with E-state index in [1.807, 2.05) is 21.1 Å². The molecule has 6 heteroatoms. The highest BCUT2D eigenvalue weighted by Gasteiger charge is 2.48. The first-order chi connectivity index (χ1) is 13.5. The number of aliphatic hydroxyl groups is 1. The van der Waals surface area contributed by atoms with Crippen molar-refractivity contribution in [3.63, 3.8) is 0 Å². The smallest absolute Gasteiger partial charge is 0.362 e. The van der Waals surface area contributed by atoms with Crippen LogP contribution in [0, 0.1) is 0 Å². The van der Waals surface area contributed by atoms with Crippen molar-refractivity contribution in [2.45, 2.75) is 95.7 Å². The second kappa shape index (κ2) is 15.4. The molecule has 0 bridgehead atoms. The Bertz CT molecular complexity index is 507. The molecule has 0 saturated heterocycles. The maximum absolute atomic E-state index is 11.7. The van der Waals surface area contributed by atoms with Crippen LogP contribution in [0.3, 0.4) is 0 Å². The number of rotatable bonds is 18. The Morgan fingerprint density at radius 2 is 1.21 bits per heavy atom. The number of unbranched alkanes of at least 4 members (excludes halogenated alkanes) is 9. The van der Waals surface area contributed by atoms with Crippen LogP contribution in [0.2, 0.25) is 0 Å². The molecule has 0 rings (SSSR count). The lowest BCUT2D eigenvalue weighted by atomic mass is 10.1. The van der Waals surface area contributed by atoms with Gasteiger partial charge in [0.15, 0.2) is 0 Å². The fourth-order valence-corrected chi connectivity index (χ4v) is 4.50. The second-order valence-electron chi connectivity index (χ2n) is 9.30. The lowest BCUT2D eigenvalue weighted by Gasteiger charge is -2.35. The predicted octanol–water partition coefficient (Wildman–Crippen LogP) is 5.76. The molecule has 0 amide bonds. The summed E-state index contributed by atoms with van der Waals surface area (Å²) in [5, 5.41) is 8.56. The van der Waals surface area contributed by atoms with Crippen molar-refractivity contribution in [3.8, 4) is 0 Å². The van der Waals surface area contributed by atoms with Gasteiger partial charge in [-0.25, -0.2) is 0 Å². The van der Waals surface area contributed by atoms with Gasteiger partial charge in [0.1, 0.15) is 6.54 Å². The van der Waals surface area contributed by atoms with Gasteiger partial charge in [-0.1, -0.05) is 56.9 Å². The monoisotopic (exact) mass is 432 g/mol. The number of nitrogens with zero attached hydrogens (tertiary/aromatic N) is 1. The molecule has 0 aliphatic heterocycles. The SMILES string of the molecule is CCCCCCC/C=C\CCC/C=C\CCCCC(O)(C[N+](C)(C)C)P(=O)(O)O. The summed E-state index contributed by atoms with van der Waals surface area (Å²) in [5.74, 6) is 0. The van der Waals surface area contributed by atoms with Crippen molar-refractivity contribution in [3.05, 3.63) is 24.3 Å². The minimum atomic E-state index is -4.56. The van der Waals surface area contributed by atoms with Crippen molar-refractivity contribution in [2.75, 3.05) is 27.7 Å². The van der Waals surface area contributed by atoms with Gasteiger partial charge < -0.3 is 19.4 Å². The van der Waals surface area contributed by atoms with Crippen molar-refractivity contribution in [1.82, 2.24) is 0 Å². The van der Waals surface area contributed by atoms with Crippen LogP contribution in [0.15, 0.2) is 24.3 Å². The summed E-state index contributed by atoms with van der Waals surface area (Å²) in [6, 6.07) is 0. The van der Waals surface area contributed by atoms with Crippen molar-refractivity contribution in [2.24, 2.45) is 0 Å². The second-order valence-corrected chi connectivity index (χ2v) is 11.2. The average Bonchev–Trinajstić information content (AvgIpc) is 2.59. The van der Waals surface area contributed by atoms with Crippen molar-refractivity contribution < 1.29 is 23.9 Å². The first kappa shape index (κ1) is 28.5. The van der Waals surface area contributed by atoms with E-state index in [1.165, 1.54) is 38.5 Å². The van der Waals surface area contributed by atoms with Crippen LogP contribution in [-0.2, 0) is 4.57 Å². The molecule has 1 atom stereocenters. The molecule has 5 nitrogen and oxygen atoms in total. The van der Waals surface area contributed by atoms with Gasteiger partial charge in [-0.15, -0.1) is 0 Å². The van der Waals surface area contributed by atoms with Crippen LogP contribution in [0.5, 0.6) is 0 Å². The Kier molecular flexibility index (Phi) is 15.1. The maximum atomic E-state index is 11.7. The molecule has 0 radical (unpaired) electrons. The third-order valence-electron chi connectivity index (χ3n) is 5.02. The molecule has 0 fully saturated rings. The average molecular weight is 433 g/mol. The molecule has 29 heavy (non-hydrogen) atoms. The Morgan fingerprint density at radius 1 is 0.759 bits per heavy atom. The molecule has 0 aromatic heterocycles. The normalized spacial score (nSPS) is 15.4. The van der Waals surface area contributed by atoms with Gasteiger partial charge in [0.25, 0.3) is 0 Å². The molecule has 3 N–H and O–H groups in total. The number of quaternary nitrogens is 1. The van der Waals surface area contributed by atoms with E-state index in [9.17, 15) is 19.5 Å². The molecular formula is C23H47NO4P+. The van der Waals surface area contributed by atoms with Crippen LogP contribution >= 0.6 is 7.60 Å². The minimum Gasteiger partial charge on any atom is -0.373 e. The molecule has 0 spiro atoms. The van der Waals surface area contributed by atoms with Crippen LogP contribution in [-0.4, -0.2) is 52.4 Å². The molecular weight excluding hydrogens is 385 g/mol. The molecule has 0 aliphatic carbocycles. The lowest BCUT2D eigenvalue weighted by molar-refractivity contribution is -0.875. The zero-order valence-electron chi connectivity index (χ0n) is 19.4. The highest BCUT2D eigenvalue weighted by Crippen LogP contribution is 2.52. The quantitative estimate of drug-likeness (QED) is 0.111. The van der Waals surface area contributed by atoms with Crippen LogP contribution in [0.25, 0.3) is 0 Å². The van der Waals surface area contributed by atoms with E-state index in [2.05, 4.69) is 31.2 Å². The number of likely N-dealkylation sites (N-methyl/N-ethyl adjacent to an activating group) is 1. The van der Waals surface area contributed by atoms with Gasteiger partial charge in [0.05, 0.1) is 21.1 Å². The summed E-state index contributed by atoms with van der Waals surface area (Å²) in [6.07, 6.45) is 22.6.